The number of fused-ring (bicyclic) bond motifs is 1. The Balaban J connectivity index is 1.35. The van der Waals surface area contributed by atoms with Crippen LogP contribution in [0, 0.1) is 5.92 Å². The second-order valence-electron chi connectivity index (χ2n) is 8.52. The van der Waals surface area contributed by atoms with Gasteiger partial charge in [0.05, 0.1) is 6.61 Å². The fourth-order valence-corrected chi connectivity index (χ4v) is 4.71. The molecule has 0 bridgehead atoms. The van der Waals surface area contributed by atoms with Crippen LogP contribution in [-0.2, 0) is 13.1 Å². The second kappa shape index (κ2) is 9.88. The van der Waals surface area contributed by atoms with Crippen molar-refractivity contribution >= 4 is 0 Å². The summed E-state index contributed by atoms with van der Waals surface area (Å²) in [5, 5.41) is 9.11. The van der Waals surface area contributed by atoms with Crippen LogP contribution in [0.5, 0.6) is 5.75 Å². The highest BCUT2D eigenvalue weighted by atomic mass is 16.5. The van der Waals surface area contributed by atoms with Crippen LogP contribution in [0.3, 0.4) is 0 Å². The molecule has 1 atom stereocenters. The number of hydrogen-bond donors (Lipinski definition) is 1. The lowest BCUT2D eigenvalue weighted by Gasteiger charge is -2.34. The van der Waals surface area contributed by atoms with Gasteiger partial charge in [-0.2, -0.15) is 0 Å². The average molecular weight is 386 g/mol. The van der Waals surface area contributed by atoms with Gasteiger partial charge in [-0.3, -0.25) is 14.7 Å². The average Bonchev–Trinajstić information content (AvgIpc) is 2.92. The van der Waals surface area contributed by atoms with Gasteiger partial charge in [-0.1, -0.05) is 18.2 Å². The first-order valence-electron chi connectivity index (χ1n) is 11.0. The molecule has 0 amide bonds. The maximum Gasteiger partial charge on any atom is 0.123 e. The van der Waals surface area contributed by atoms with E-state index in [2.05, 4.69) is 45.1 Å². The molecule has 1 aromatic carbocycles. The van der Waals surface area contributed by atoms with E-state index in [9.17, 15) is 0 Å². The summed E-state index contributed by atoms with van der Waals surface area (Å²) in [5.74, 6) is 1.87. The summed E-state index contributed by atoms with van der Waals surface area (Å²) < 4.78 is 6.05. The number of aliphatic hydroxyl groups is 1. The highest BCUT2D eigenvalue weighted by molar-refractivity contribution is 5.38. The van der Waals surface area contributed by atoms with Crippen LogP contribution in [0.4, 0.5) is 0 Å². The predicted octanol–water partition coefficient (Wildman–Crippen LogP) is 2.35. The standard InChI is InChI=1S/C23H35N3O2/c27-14-12-24-8-10-25(11-9-24)18-21-6-7-23-22(16-21)19-26(13-15-28-23)17-20-4-2-1-3-5-20/h1-2,6-7,16,20,27H,3-5,8-15,17-19H2/t20-/m0/s1. The number of benzene rings is 1. The third kappa shape index (κ3) is 5.35. The normalized spacial score (nSPS) is 24.5. The fourth-order valence-electron chi connectivity index (χ4n) is 4.71. The number of nitrogens with zero attached hydrogens (tertiary/aromatic N) is 3. The Labute approximate surface area is 169 Å². The van der Waals surface area contributed by atoms with Gasteiger partial charge in [0.2, 0.25) is 0 Å². The largest absolute Gasteiger partial charge is 0.492 e. The number of rotatable bonds is 6. The molecule has 1 aliphatic carbocycles. The third-order valence-corrected chi connectivity index (χ3v) is 6.37. The van der Waals surface area contributed by atoms with Crippen molar-refractivity contribution in [1.29, 1.82) is 0 Å². The van der Waals surface area contributed by atoms with Gasteiger partial charge >= 0.3 is 0 Å². The maximum absolute atomic E-state index is 9.11. The molecule has 154 valence electrons. The minimum Gasteiger partial charge on any atom is -0.492 e. The summed E-state index contributed by atoms with van der Waals surface area (Å²) in [4.78, 5) is 7.46. The molecule has 28 heavy (non-hydrogen) atoms. The van der Waals surface area contributed by atoms with E-state index in [1.54, 1.807) is 0 Å². The molecule has 5 heteroatoms. The molecule has 4 rings (SSSR count). The molecular formula is C23H35N3O2. The summed E-state index contributed by atoms with van der Waals surface area (Å²) in [6.07, 6.45) is 8.47. The van der Waals surface area contributed by atoms with Crippen LogP contribution in [0.25, 0.3) is 0 Å². The summed E-state index contributed by atoms with van der Waals surface area (Å²) in [6, 6.07) is 6.79. The van der Waals surface area contributed by atoms with E-state index in [-0.39, 0.29) is 6.61 Å². The first-order chi connectivity index (χ1) is 13.8. The lowest BCUT2D eigenvalue weighted by Crippen LogP contribution is -2.46. The van der Waals surface area contributed by atoms with Crippen molar-refractivity contribution < 1.29 is 9.84 Å². The molecule has 2 heterocycles. The number of β-amino-alcohol motifs (C(OH)–C–C–N with tert-alkyl or cyclic N) is 1. The van der Waals surface area contributed by atoms with Gasteiger partial charge in [-0.05, 0) is 42.9 Å². The second-order valence-corrected chi connectivity index (χ2v) is 8.52. The Morgan fingerprint density at radius 3 is 2.64 bits per heavy atom. The highest BCUT2D eigenvalue weighted by Crippen LogP contribution is 2.27. The van der Waals surface area contributed by atoms with Crippen molar-refractivity contribution in [1.82, 2.24) is 14.7 Å². The molecule has 0 unspecified atom stereocenters. The zero-order valence-electron chi connectivity index (χ0n) is 17.1. The van der Waals surface area contributed by atoms with E-state index in [1.165, 1.54) is 36.9 Å². The first-order valence-corrected chi connectivity index (χ1v) is 11.0. The van der Waals surface area contributed by atoms with Crippen LogP contribution in [0.15, 0.2) is 30.4 Å². The molecule has 1 saturated heterocycles. The number of piperazine rings is 1. The monoisotopic (exact) mass is 385 g/mol. The van der Waals surface area contributed by atoms with E-state index >= 15 is 0 Å². The predicted molar refractivity (Wildman–Crippen MR) is 112 cm³/mol. The maximum atomic E-state index is 9.11. The van der Waals surface area contributed by atoms with E-state index in [0.717, 1.165) is 70.6 Å². The number of hydrogen-bond acceptors (Lipinski definition) is 5. The van der Waals surface area contributed by atoms with Crippen LogP contribution in [0.2, 0.25) is 0 Å². The molecule has 1 fully saturated rings. The van der Waals surface area contributed by atoms with Crippen LogP contribution in [0.1, 0.15) is 30.4 Å². The van der Waals surface area contributed by atoms with Gasteiger partial charge in [0.15, 0.2) is 0 Å². The molecule has 3 aliphatic rings. The number of ether oxygens (including phenoxy) is 1. The van der Waals surface area contributed by atoms with Gasteiger partial charge in [0.1, 0.15) is 12.4 Å². The fraction of sp³-hybridized carbons (Fsp3) is 0.652. The summed E-state index contributed by atoms with van der Waals surface area (Å²) in [5.41, 5.74) is 2.74. The summed E-state index contributed by atoms with van der Waals surface area (Å²) >= 11 is 0. The summed E-state index contributed by atoms with van der Waals surface area (Å²) in [7, 11) is 0. The topological polar surface area (TPSA) is 39.2 Å². The summed E-state index contributed by atoms with van der Waals surface area (Å²) in [6.45, 7) is 10.3. The van der Waals surface area contributed by atoms with E-state index in [0.29, 0.717) is 0 Å². The smallest absolute Gasteiger partial charge is 0.123 e. The minimum absolute atomic E-state index is 0.262. The molecular weight excluding hydrogens is 350 g/mol. The van der Waals surface area contributed by atoms with Gasteiger partial charge in [-0.15, -0.1) is 0 Å². The molecule has 0 aromatic heterocycles. The molecule has 0 spiro atoms. The Hall–Kier alpha value is -1.40. The van der Waals surface area contributed by atoms with Gasteiger partial charge < -0.3 is 9.84 Å². The zero-order chi connectivity index (χ0) is 19.2. The van der Waals surface area contributed by atoms with Gasteiger partial charge in [0.25, 0.3) is 0 Å². The van der Waals surface area contributed by atoms with Crippen LogP contribution in [-0.4, -0.2) is 78.8 Å². The zero-order valence-corrected chi connectivity index (χ0v) is 17.1. The van der Waals surface area contributed by atoms with E-state index in [4.69, 9.17) is 9.84 Å². The van der Waals surface area contributed by atoms with E-state index in [1.807, 2.05) is 0 Å². The van der Waals surface area contributed by atoms with Crippen molar-refractivity contribution in [3.05, 3.63) is 41.5 Å². The highest BCUT2D eigenvalue weighted by Gasteiger charge is 2.21. The van der Waals surface area contributed by atoms with Crippen molar-refractivity contribution in [3.8, 4) is 5.75 Å². The van der Waals surface area contributed by atoms with Crippen LogP contribution < -0.4 is 4.74 Å². The Morgan fingerprint density at radius 1 is 1.00 bits per heavy atom. The molecule has 1 aromatic rings. The van der Waals surface area contributed by atoms with Crippen molar-refractivity contribution in [2.24, 2.45) is 5.92 Å². The SMILES string of the molecule is OCCN1CCN(Cc2ccc3c(c2)CN(C[C@H]2CC=CCC2)CCO3)CC1. The third-order valence-electron chi connectivity index (χ3n) is 6.37. The molecule has 0 saturated carbocycles. The molecule has 0 radical (unpaired) electrons. The Morgan fingerprint density at radius 2 is 1.86 bits per heavy atom. The lowest BCUT2D eigenvalue weighted by atomic mass is 9.94. The Kier molecular flexibility index (Phi) is 7.02. The van der Waals surface area contributed by atoms with E-state index < -0.39 is 0 Å². The molecule has 2 aliphatic heterocycles. The van der Waals surface area contributed by atoms with Crippen molar-refractivity contribution in [2.75, 3.05) is 59.0 Å². The first kappa shape index (κ1) is 19.9. The Bertz CT molecular complexity index is 655. The quantitative estimate of drug-likeness (QED) is 0.761. The number of allylic oxidation sites excluding steroid dienone is 2. The van der Waals surface area contributed by atoms with Crippen LogP contribution >= 0.6 is 0 Å². The van der Waals surface area contributed by atoms with Gasteiger partial charge in [0, 0.05) is 64.5 Å². The molecule has 1 N–H and O–H groups in total. The lowest BCUT2D eigenvalue weighted by molar-refractivity contribution is 0.108. The molecule has 5 nitrogen and oxygen atoms in total. The van der Waals surface area contributed by atoms with Crippen molar-refractivity contribution in [3.63, 3.8) is 0 Å². The minimum atomic E-state index is 0.262. The van der Waals surface area contributed by atoms with Crippen molar-refractivity contribution in [2.45, 2.75) is 32.4 Å². The van der Waals surface area contributed by atoms with Gasteiger partial charge in [-0.25, -0.2) is 0 Å². The number of aliphatic hydroxyl groups excluding tert-OH is 1.